The van der Waals surface area contributed by atoms with E-state index in [1.807, 2.05) is 6.92 Å². The van der Waals surface area contributed by atoms with E-state index in [0.717, 1.165) is 38.0 Å². The van der Waals surface area contributed by atoms with E-state index < -0.39 is 5.60 Å². The molecule has 3 nitrogen and oxygen atoms in total. The van der Waals surface area contributed by atoms with Crippen molar-refractivity contribution in [3.8, 4) is 0 Å². The Labute approximate surface area is 172 Å². The smallest absolute Gasteiger partial charge is 0.147 e. The summed E-state index contributed by atoms with van der Waals surface area (Å²) in [6.07, 6.45) is 9.52. The fraction of sp³-hybridized carbons (Fsp3) is 0.957. The first-order chi connectivity index (χ1) is 12.7. The van der Waals surface area contributed by atoms with Gasteiger partial charge >= 0.3 is 0 Å². The number of hydrogen-bond acceptors (Lipinski definition) is 3. The Morgan fingerprint density at radius 3 is 2.63 bits per heavy atom. The Kier molecular flexibility index (Phi) is 4.27. The third kappa shape index (κ3) is 2.42. The van der Waals surface area contributed by atoms with Gasteiger partial charge in [-0.1, -0.05) is 22.9 Å². The lowest BCUT2D eigenvalue weighted by atomic mass is 9.42. The van der Waals surface area contributed by atoms with Crippen molar-refractivity contribution >= 4 is 21.7 Å². The third-order valence-electron chi connectivity index (χ3n) is 10.2. The summed E-state index contributed by atoms with van der Waals surface area (Å²) in [6, 6.07) is 0. The number of aliphatic hydroxyl groups is 1. The molecule has 2 bridgehead atoms. The largest absolute Gasteiger partial charge is 0.390 e. The Balaban J connectivity index is 1.49. The molecule has 1 N–H and O–H groups in total. The van der Waals surface area contributed by atoms with Crippen LogP contribution >= 0.6 is 15.9 Å². The van der Waals surface area contributed by atoms with Crippen LogP contribution in [0, 0.1) is 40.4 Å². The second kappa shape index (κ2) is 6.04. The maximum absolute atomic E-state index is 12.6. The zero-order chi connectivity index (χ0) is 19.2. The van der Waals surface area contributed by atoms with Gasteiger partial charge in [-0.2, -0.15) is 0 Å². The van der Waals surface area contributed by atoms with E-state index >= 15 is 0 Å². The van der Waals surface area contributed by atoms with E-state index in [2.05, 4.69) is 29.8 Å². The molecule has 5 aliphatic rings. The molecule has 1 saturated heterocycles. The molecule has 10 atom stereocenters. The monoisotopic (exact) mass is 438 g/mol. The molecule has 4 aliphatic carbocycles. The summed E-state index contributed by atoms with van der Waals surface area (Å²) in [5, 5.41) is 11.3. The minimum atomic E-state index is -0.517. The van der Waals surface area contributed by atoms with Crippen LogP contribution in [-0.2, 0) is 9.53 Å². The van der Waals surface area contributed by atoms with Gasteiger partial charge in [0, 0.05) is 11.3 Å². The van der Waals surface area contributed by atoms with Gasteiger partial charge in [-0.05, 0) is 94.3 Å². The average molecular weight is 439 g/mol. The average Bonchev–Trinajstić information content (AvgIpc) is 3.06. The van der Waals surface area contributed by atoms with Gasteiger partial charge in [0.05, 0.1) is 23.1 Å². The van der Waals surface area contributed by atoms with Crippen molar-refractivity contribution in [2.24, 2.45) is 40.4 Å². The van der Waals surface area contributed by atoms with Crippen LogP contribution in [0.25, 0.3) is 0 Å². The highest BCUT2D eigenvalue weighted by Gasteiger charge is 2.69. The van der Waals surface area contributed by atoms with E-state index in [1.165, 1.54) is 19.3 Å². The summed E-state index contributed by atoms with van der Waals surface area (Å²) in [5.41, 5.74) is -0.0520. The first kappa shape index (κ1) is 19.1. The number of hydrogen-bond donors (Lipinski definition) is 1. The van der Waals surface area contributed by atoms with Crippen LogP contribution in [0.5, 0.6) is 0 Å². The van der Waals surface area contributed by atoms with Crippen molar-refractivity contribution in [3.63, 3.8) is 0 Å². The summed E-state index contributed by atoms with van der Waals surface area (Å²) >= 11 is 3.43. The number of Topliss-reactive ketones (excluding diaryl/α,β-unsaturated/α-hetero) is 1. The van der Waals surface area contributed by atoms with Crippen molar-refractivity contribution in [1.82, 2.24) is 0 Å². The maximum Gasteiger partial charge on any atom is 0.147 e. The van der Waals surface area contributed by atoms with E-state index in [0.29, 0.717) is 41.1 Å². The van der Waals surface area contributed by atoms with E-state index in [4.69, 9.17) is 4.74 Å². The molecule has 5 rings (SSSR count). The molecule has 0 amide bonds. The molecule has 2 unspecified atom stereocenters. The first-order valence-electron chi connectivity index (χ1n) is 11.2. The maximum atomic E-state index is 12.6. The molecule has 0 aromatic carbocycles. The topological polar surface area (TPSA) is 46.5 Å². The summed E-state index contributed by atoms with van der Waals surface area (Å²) in [4.78, 5) is 12.6. The number of carbonyl (C=O) groups excluding carboxylic acids is 1. The number of rotatable bonds is 2. The van der Waals surface area contributed by atoms with Crippen LogP contribution in [0.2, 0.25) is 0 Å². The Hall–Kier alpha value is 0.0700. The van der Waals surface area contributed by atoms with Gasteiger partial charge in [0.1, 0.15) is 5.78 Å². The third-order valence-corrected chi connectivity index (χ3v) is 10.7. The van der Waals surface area contributed by atoms with Crippen LogP contribution in [0.3, 0.4) is 0 Å². The highest BCUT2D eigenvalue weighted by Crippen LogP contribution is 2.71. The van der Waals surface area contributed by atoms with Crippen molar-refractivity contribution in [1.29, 1.82) is 0 Å². The van der Waals surface area contributed by atoms with Crippen LogP contribution in [0.4, 0.5) is 0 Å². The van der Waals surface area contributed by atoms with Gasteiger partial charge in [-0.15, -0.1) is 0 Å². The number of carbonyl (C=O) groups is 1. The number of alkyl halides is 1. The quantitative estimate of drug-likeness (QED) is 0.633. The van der Waals surface area contributed by atoms with Crippen molar-refractivity contribution in [2.75, 3.05) is 5.33 Å². The molecule has 0 aromatic heterocycles. The zero-order valence-electron chi connectivity index (χ0n) is 17.0. The number of halogens is 1. The molecular weight excluding hydrogens is 404 g/mol. The standard InChI is InChI=1S/C23H35BrO3/c1-13-23-9-8-21(2,26)11-18(23)20(27-13)10-14-15-4-5-17(19(25)12-24)22(15,3)7-6-16(14)23/h13-18,20,26H,4-12H2,1-3H3/t13-,14+,15+,16?,17-,18?,20-,21-,22+,23+/m1/s1. The Morgan fingerprint density at radius 2 is 1.89 bits per heavy atom. The van der Waals surface area contributed by atoms with Gasteiger partial charge in [0.2, 0.25) is 0 Å². The summed E-state index contributed by atoms with van der Waals surface area (Å²) < 4.78 is 6.60. The molecule has 4 saturated carbocycles. The minimum Gasteiger partial charge on any atom is -0.390 e. The number of ether oxygens (including phenoxy) is 1. The molecule has 0 spiro atoms. The second-order valence-electron chi connectivity index (χ2n) is 11.1. The molecule has 0 aromatic rings. The van der Waals surface area contributed by atoms with Gasteiger partial charge in [0.15, 0.2) is 0 Å². The van der Waals surface area contributed by atoms with Gasteiger partial charge < -0.3 is 9.84 Å². The lowest BCUT2D eigenvalue weighted by molar-refractivity contribution is -0.147. The fourth-order valence-corrected chi connectivity index (χ4v) is 9.45. The fourth-order valence-electron chi connectivity index (χ4n) is 9.06. The van der Waals surface area contributed by atoms with Crippen LogP contribution in [-0.4, -0.2) is 34.0 Å². The van der Waals surface area contributed by atoms with Crippen LogP contribution in [0.15, 0.2) is 0 Å². The first-order valence-corrected chi connectivity index (χ1v) is 12.3. The molecule has 0 radical (unpaired) electrons. The van der Waals surface area contributed by atoms with Crippen molar-refractivity contribution < 1.29 is 14.6 Å². The zero-order valence-corrected chi connectivity index (χ0v) is 18.6. The van der Waals surface area contributed by atoms with E-state index in [-0.39, 0.29) is 16.7 Å². The van der Waals surface area contributed by atoms with Gasteiger partial charge in [-0.25, -0.2) is 0 Å². The molecule has 5 fully saturated rings. The lowest BCUT2D eigenvalue weighted by Gasteiger charge is -2.61. The number of fused-ring (bicyclic) bond motifs is 3. The molecular formula is C23H35BrO3. The SMILES string of the molecule is C[C@H]1O[C@@H]2C[C@@H]3C(CC[C@]4(C)[C@@H](C(=O)CBr)CC[C@@H]34)[C@]13CC[C@@](C)(O)CC23. The highest BCUT2D eigenvalue weighted by molar-refractivity contribution is 9.09. The molecule has 4 heteroatoms. The van der Waals surface area contributed by atoms with Crippen molar-refractivity contribution in [3.05, 3.63) is 0 Å². The molecule has 27 heavy (non-hydrogen) atoms. The lowest BCUT2D eigenvalue weighted by Crippen LogP contribution is -2.59. The second-order valence-corrected chi connectivity index (χ2v) is 11.7. The Bertz CT molecular complexity index is 648. The van der Waals surface area contributed by atoms with E-state index in [9.17, 15) is 9.90 Å². The summed E-state index contributed by atoms with van der Waals surface area (Å²) in [5.74, 6) is 3.33. The predicted molar refractivity (Wildman–Crippen MR) is 109 cm³/mol. The van der Waals surface area contributed by atoms with Gasteiger partial charge in [0.25, 0.3) is 0 Å². The summed E-state index contributed by atoms with van der Waals surface area (Å²) in [6.45, 7) is 6.77. The highest BCUT2D eigenvalue weighted by atomic mass is 79.9. The predicted octanol–water partition coefficient (Wildman–Crippen LogP) is 4.74. The Morgan fingerprint density at radius 1 is 1.11 bits per heavy atom. The van der Waals surface area contributed by atoms with Crippen molar-refractivity contribution in [2.45, 2.75) is 89.9 Å². The molecule has 1 heterocycles. The van der Waals surface area contributed by atoms with Crippen LogP contribution < -0.4 is 0 Å². The van der Waals surface area contributed by atoms with Gasteiger partial charge in [-0.3, -0.25) is 4.79 Å². The normalized spacial score (nSPS) is 59.1. The number of ketones is 1. The van der Waals surface area contributed by atoms with Crippen LogP contribution in [0.1, 0.15) is 72.1 Å². The summed E-state index contributed by atoms with van der Waals surface area (Å²) in [7, 11) is 0. The molecule has 152 valence electrons. The van der Waals surface area contributed by atoms with E-state index in [1.54, 1.807) is 0 Å². The molecule has 1 aliphatic heterocycles. The minimum absolute atomic E-state index is 0.193.